The van der Waals surface area contributed by atoms with E-state index in [0.717, 1.165) is 50.6 Å². The van der Waals surface area contributed by atoms with Crippen molar-refractivity contribution in [2.24, 2.45) is 0 Å². The number of piperazine rings is 1. The van der Waals surface area contributed by atoms with Gasteiger partial charge in [-0.3, -0.25) is 9.69 Å². The van der Waals surface area contributed by atoms with E-state index in [4.69, 9.17) is 16.7 Å². The molecule has 1 aliphatic rings. The monoisotopic (exact) mass is 339 g/mol. The zero-order valence-corrected chi connectivity index (χ0v) is 14.3. The number of nitrogens with one attached hydrogen (secondary N) is 1. The molecular weight excluding hydrogens is 314 g/mol. The Morgan fingerprint density at radius 1 is 1.22 bits per heavy atom. The molecule has 23 heavy (non-hydrogen) atoms. The van der Waals surface area contributed by atoms with Crippen LogP contribution in [0.4, 0.5) is 5.69 Å². The van der Waals surface area contributed by atoms with E-state index in [1.807, 2.05) is 18.2 Å². The van der Waals surface area contributed by atoms with Gasteiger partial charge < -0.3 is 15.3 Å². The van der Waals surface area contributed by atoms with E-state index < -0.39 is 0 Å². The van der Waals surface area contributed by atoms with Gasteiger partial charge in [-0.15, -0.1) is 0 Å². The maximum Gasteiger partial charge on any atom is 0.221 e. The van der Waals surface area contributed by atoms with Crippen LogP contribution in [-0.4, -0.2) is 61.8 Å². The highest BCUT2D eigenvalue weighted by Crippen LogP contribution is 2.20. The molecule has 1 heterocycles. The third-order valence-corrected chi connectivity index (χ3v) is 4.34. The lowest BCUT2D eigenvalue weighted by Gasteiger charge is -2.36. The van der Waals surface area contributed by atoms with E-state index in [1.54, 1.807) is 0 Å². The predicted octanol–water partition coefficient (Wildman–Crippen LogP) is 1.74. The van der Waals surface area contributed by atoms with Crippen molar-refractivity contribution in [1.82, 2.24) is 10.2 Å². The topological polar surface area (TPSA) is 55.8 Å². The highest BCUT2D eigenvalue weighted by atomic mass is 35.5. The van der Waals surface area contributed by atoms with Gasteiger partial charge in [0.2, 0.25) is 5.91 Å². The summed E-state index contributed by atoms with van der Waals surface area (Å²) in [5, 5.41) is 12.4. The third kappa shape index (κ3) is 6.37. The van der Waals surface area contributed by atoms with E-state index in [1.165, 1.54) is 5.69 Å². The van der Waals surface area contributed by atoms with Gasteiger partial charge in [-0.2, -0.15) is 0 Å². The van der Waals surface area contributed by atoms with Crippen molar-refractivity contribution in [2.45, 2.75) is 19.3 Å². The molecule has 0 saturated carbocycles. The molecule has 0 atom stereocenters. The Kier molecular flexibility index (Phi) is 7.65. The van der Waals surface area contributed by atoms with Gasteiger partial charge >= 0.3 is 0 Å². The van der Waals surface area contributed by atoms with Crippen molar-refractivity contribution < 1.29 is 9.90 Å². The largest absolute Gasteiger partial charge is 0.396 e. The summed E-state index contributed by atoms with van der Waals surface area (Å²) < 4.78 is 0. The molecule has 0 spiro atoms. The minimum absolute atomic E-state index is 0.0974. The van der Waals surface area contributed by atoms with Gasteiger partial charge in [-0.1, -0.05) is 17.7 Å². The van der Waals surface area contributed by atoms with Crippen molar-refractivity contribution >= 4 is 23.2 Å². The zero-order chi connectivity index (χ0) is 16.5. The first-order chi connectivity index (χ1) is 11.2. The molecule has 0 aromatic heterocycles. The zero-order valence-electron chi connectivity index (χ0n) is 13.5. The number of halogens is 1. The van der Waals surface area contributed by atoms with Gasteiger partial charge in [-0.05, 0) is 31.0 Å². The van der Waals surface area contributed by atoms with Crippen LogP contribution in [0.25, 0.3) is 0 Å². The highest BCUT2D eigenvalue weighted by molar-refractivity contribution is 6.30. The smallest absolute Gasteiger partial charge is 0.221 e. The van der Waals surface area contributed by atoms with Gasteiger partial charge in [0, 0.05) is 63.0 Å². The lowest BCUT2D eigenvalue weighted by atomic mass is 10.2. The lowest BCUT2D eigenvalue weighted by Crippen LogP contribution is -2.47. The van der Waals surface area contributed by atoms with Crippen LogP contribution in [0.3, 0.4) is 0 Å². The lowest BCUT2D eigenvalue weighted by molar-refractivity contribution is -0.121. The summed E-state index contributed by atoms with van der Waals surface area (Å²) >= 11 is 6.04. The number of rotatable bonds is 8. The molecule has 0 unspecified atom stereocenters. The van der Waals surface area contributed by atoms with E-state index >= 15 is 0 Å². The van der Waals surface area contributed by atoms with Crippen molar-refractivity contribution in [3.8, 4) is 0 Å². The molecule has 0 radical (unpaired) electrons. The molecule has 2 N–H and O–H groups in total. The van der Waals surface area contributed by atoms with Crippen LogP contribution in [0.1, 0.15) is 19.3 Å². The first-order valence-corrected chi connectivity index (χ1v) is 8.67. The Labute approximate surface area is 143 Å². The number of nitrogens with zero attached hydrogens (tertiary/aromatic N) is 2. The van der Waals surface area contributed by atoms with Gasteiger partial charge in [0.25, 0.3) is 0 Å². The number of unbranched alkanes of at least 4 members (excludes halogenated alkanes) is 1. The summed E-state index contributed by atoms with van der Waals surface area (Å²) in [7, 11) is 0. The highest BCUT2D eigenvalue weighted by Gasteiger charge is 2.17. The number of hydrogen-bond acceptors (Lipinski definition) is 4. The Bertz CT molecular complexity index is 490. The average molecular weight is 340 g/mol. The average Bonchev–Trinajstić information content (AvgIpc) is 2.57. The second-order valence-corrected chi connectivity index (χ2v) is 6.28. The van der Waals surface area contributed by atoms with Crippen molar-refractivity contribution in [2.75, 3.05) is 50.8 Å². The maximum absolute atomic E-state index is 11.7. The van der Waals surface area contributed by atoms with Crippen LogP contribution < -0.4 is 10.2 Å². The third-order valence-electron chi connectivity index (χ3n) is 4.11. The Morgan fingerprint density at radius 2 is 2.00 bits per heavy atom. The predicted molar refractivity (Wildman–Crippen MR) is 94.1 cm³/mol. The maximum atomic E-state index is 11.7. The molecule has 0 bridgehead atoms. The summed E-state index contributed by atoms with van der Waals surface area (Å²) in [4.78, 5) is 16.4. The molecule has 2 rings (SSSR count). The fourth-order valence-electron chi connectivity index (χ4n) is 2.72. The normalized spacial score (nSPS) is 15.7. The Morgan fingerprint density at radius 3 is 2.70 bits per heavy atom. The number of aliphatic hydroxyl groups is 1. The van der Waals surface area contributed by atoms with Crippen LogP contribution in [0.2, 0.25) is 5.02 Å². The fourth-order valence-corrected chi connectivity index (χ4v) is 2.90. The summed E-state index contributed by atoms with van der Waals surface area (Å²) in [5.41, 5.74) is 1.17. The number of anilines is 1. The van der Waals surface area contributed by atoms with Crippen LogP contribution in [-0.2, 0) is 4.79 Å². The molecule has 1 saturated heterocycles. The van der Waals surface area contributed by atoms with E-state index in [0.29, 0.717) is 13.0 Å². The summed E-state index contributed by atoms with van der Waals surface area (Å²) in [6.07, 6.45) is 2.11. The number of aliphatic hydroxyl groups excluding tert-OH is 1. The van der Waals surface area contributed by atoms with E-state index in [2.05, 4.69) is 21.2 Å². The van der Waals surface area contributed by atoms with Crippen LogP contribution in [0.15, 0.2) is 24.3 Å². The standard InChI is InChI=1S/C17H26ClN3O2/c18-15-4-3-5-16(14-15)21-11-9-20(10-12-21)8-6-17(23)19-7-1-2-13-22/h3-5,14,22H,1-2,6-13H2,(H,19,23). The van der Waals surface area contributed by atoms with Crippen LogP contribution in [0.5, 0.6) is 0 Å². The second-order valence-electron chi connectivity index (χ2n) is 5.84. The molecule has 0 aliphatic carbocycles. The minimum Gasteiger partial charge on any atom is -0.396 e. The summed E-state index contributed by atoms with van der Waals surface area (Å²) in [6, 6.07) is 7.95. The molecule has 1 aliphatic heterocycles. The molecular formula is C17H26ClN3O2. The Balaban J connectivity index is 1.64. The number of amides is 1. The SMILES string of the molecule is O=C(CCN1CCN(c2cccc(Cl)c2)CC1)NCCCCO. The van der Waals surface area contributed by atoms with Gasteiger partial charge in [0.1, 0.15) is 0 Å². The molecule has 128 valence electrons. The van der Waals surface area contributed by atoms with E-state index in [-0.39, 0.29) is 12.5 Å². The first kappa shape index (κ1) is 18.0. The number of carbonyl (C=O) groups is 1. The van der Waals surface area contributed by atoms with Gasteiger partial charge in [-0.25, -0.2) is 0 Å². The molecule has 5 nitrogen and oxygen atoms in total. The molecule has 6 heteroatoms. The fraction of sp³-hybridized carbons (Fsp3) is 0.588. The molecule has 1 aromatic rings. The van der Waals surface area contributed by atoms with Crippen molar-refractivity contribution in [1.29, 1.82) is 0 Å². The minimum atomic E-state index is 0.0974. The van der Waals surface area contributed by atoms with E-state index in [9.17, 15) is 4.79 Å². The van der Waals surface area contributed by atoms with Gasteiger partial charge in [0.15, 0.2) is 0 Å². The summed E-state index contributed by atoms with van der Waals surface area (Å²) in [6.45, 7) is 5.48. The molecule has 1 amide bonds. The molecule has 1 aromatic carbocycles. The van der Waals surface area contributed by atoms with Crippen molar-refractivity contribution in [3.63, 3.8) is 0 Å². The first-order valence-electron chi connectivity index (χ1n) is 8.29. The number of benzene rings is 1. The molecule has 1 fully saturated rings. The summed E-state index contributed by atoms with van der Waals surface area (Å²) in [5.74, 6) is 0.0974. The van der Waals surface area contributed by atoms with Crippen molar-refractivity contribution in [3.05, 3.63) is 29.3 Å². The van der Waals surface area contributed by atoms with Crippen LogP contribution >= 0.6 is 11.6 Å². The van der Waals surface area contributed by atoms with Gasteiger partial charge in [0.05, 0.1) is 0 Å². The Hall–Kier alpha value is -1.30. The number of carbonyl (C=O) groups excluding carboxylic acids is 1. The quantitative estimate of drug-likeness (QED) is 0.708. The second kappa shape index (κ2) is 9.75. The van der Waals surface area contributed by atoms with Crippen LogP contribution in [0, 0.1) is 0 Å². The number of hydrogen-bond donors (Lipinski definition) is 2.